The molecule has 0 bridgehead atoms. The van der Waals surface area contributed by atoms with Crippen molar-refractivity contribution in [1.82, 2.24) is 0 Å². The van der Waals surface area contributed by atoms with Gasteiger partial charge in [0.2, 0.25) is 5.52 Å². The Morgan fingerprint density at radius 3 is 2.32 bits per heavy atom. The molecule has 0 aliphatic rings. The summed E-state index contributed by atoms with van der Waals surface area (Å²) >= 11 is 1.84. The van der Waals surface area contributed by atoms with E-state index in [0.717, 1.165) is 6.54 Å². The second-order valence-corrected chi connectivity index (χ2v) is 9.06. The Balaban J connectivity index is 1.51. The fourth-order valence-electron chi connectivity index (χ4n) is 3.91. The van der Waals surface area contributed by atoms with Gasteiger partial charge in [0, 0.05) is 37.5 Å². The Kier molecular flexibility index (Phi) is 5.27. The highest BCUT2D eigenvalue weighted by Gasteiger charge is 2.18. The predicted octanol–water partition coefficient (Wildman–Crippen LogP) is 6.63. The van der Waals surface area contributed by atoms with E-state index in [4.69, 9.17) is 0 Å². The zero-order valence-electron chi connectivity index (χ0n) is 17.8. The lowest BCUT2D eigenvalue weighted by atomic mass is 10.1. The van der Waals surface area contributed by atoms with Crippen LogP contribution in [-0.4, -0.2) is 14.1 Å². The summed E-state index contributed by atoms with van der Waals surface area (Å²) < 4.78 is 3.74. The van der Waals surface area contributed by atoms with Crippen LogP contribution in [0.25, 0.3) is 33.1 Å². The number of rotatable bonds is 5. The molecule has 5 aromatic rings. The first-order valence-electron chi connectivity index (χ1n) is 10.5. The molecule has 0 amide bonds. The minimum atomic E-state index is 0.855. The van der Waals surface area contributed by atoms with Gasteiger partial charge in [0.1, 0.15) is 4.70 Å². The largest absolute Gasteiger partial charge is 0.378 e. The summed E-state index contributed by atoms with van der Waals surface area (Å²) in [6, 6.07) is 32.7. The zero-order chi connectivity index (χ0) is 21.2. The molecule has 0 fully saturated rings. The lowest BCUT2D eigenvalue weighted by molar-refractivity contribution is -0.659. The average molecular weight is 422 g/mol. The molecule has 3 heteroatoms. The molecule has 4 aromatic carbocycles. The van der Waals surface area contributed by atoms with Gasteiger partial charge in [-0.05, 0) is 46.7 Å². The molecular formula is C28H25N2S+. The predicted molar refractivity (Wildman–Crippen MR) is 135 cm³/mol. The number of anilines is 1. The highest BCUT2D eigenvalue weighted by Crippen LogP contribution is 2.24. The van der Waals surface area contributed by atoms with E-state index in [1.54, 1.807) is 0 Å². The summed E-state index contributed by atoms with van der Waals surface area (Å²) in [6.45, 7) is 0.855. The van der Waals surface area contributed by atoms with Crippen molar-refractivity contribution in [3.05, 3.63) is 107 Å². The van der Waals surface area contributed by atoms with Gasteiger partial charge in [0.05, 0.1) is 0 Å². The molecule has 2 nitrogen and oxygen atoms in total. The Morgan fingerprint density at radius 2 is 1.52 bits per heavy atom. The molecule has 0 saturated carbocycles. The number of thiazole rings is 1. The second kappa shape index (κ2) is 8.37. The summed E-state index contributed by atoms with van der Waals surface area (Å²) in [5.74, 6) is 0. The van der Waals surface area contributed by atoms with Crippen LogP contribution in [0, 0.1) is 0 Å². The van der Waals surface area contributed by atoms with Crippen molar-refractivity contribution in [2.75, 3.05) is 19.0 Å². The van der Waals surface area contributed by atoms with Crippen molar-refractivity contribution >= 4 is 50.2 Å². The third-order valence-corrected chi connectivity index (χ3v) is 6.75. The Labute approximate surface area is 187 Å². The fraction of sp³-hybridized carbons (Fsp3) is 0.107. The summed E-state index contributed by atoms with van der Waals surface area (Å²) in [4.78, 5) is 2.12. The van der Waals surface area contributed by atoms with Crippen LogP contribution >= 0.6 is 11.3 Å². The molecule has 0 unspecified atom stereocenters. The molecule has 0 saturated heterocycles. The quantitative estimate of drug-likeness (QED) is 0.289. The fourth-order valence-corrected chi connectivity index (χ4v) is 4.97. The molecule has 1 heterocycles. The van der Waals surface area contributed by atoms with Crippen LogP contribution in [0.3, 0.4) is 0 Å². The molecule has 31 heavy (non-hydrogen) atoms. The number of fused-ring (bicyclic) bond motifs is 2. The van der Waals surface area contributed by atoms with Gasteiger partial charge in [-0.15, -0.1) is 0 Å². The zero-order valence-corrected chi connectivity index (χ0v) is 18.6. The first-order valence-corrected chi connectivity index (χ1v) is 11.3. The van der Waals surface area contributed by atoms with E-state index in [0.29, 0.717) is 0 Å². The minimum absolute atomic E-state index is 0.855. The first-order chi connectivity index (χ1) is 15.2. The number of benzene rings is 4. The van der Waals surface area contributed by atoms with Crippen LogP contribution in [0.15, 0.2) is 91.0 Å². The minimum Gasteiger partial charge on any atom is -0.378 e. The SMILES string of the molecule is CN(C)c1ccc(/C=C/c2sc3ccccc3[n+]2Cc2ccc3ccccc3c2)cc1. The van der Waals surface area contributed by atoms with Crippen LogP contribution in [0.5, 0.6) is 0 Å². The van der Waals surface area contributed by atoms with Crippen molar-refractivity contribution in [3.63, 3.8) is 0 Å². The molecule has 0 aliphatic heterocycles. The molecule has 0 spiro atoms. The number of hydrogen-bond acceptors (Lipinski definition) is 2. The van der Waals surface area contributed by atoms with Crippen molar-refractivity contribution < 1.29 is 4.57 Å². The maximum absolute atomic E-state index is 2.43. The van der Waals surface area contributed by atoms with Gasteiger partial charge in [-0.2, -0.15) is 4.57 Å². The molecule has 0 radical (unpaired) electrons. The second-order valence-electron chi connectivity index (χ2n) is 7.99. The van der Waals surface area contributed by atoms with Gasteiger partial charge in [0.15, 0.2) is 6.54 Å². The van der Waals surface area contributed by atoms with Gasteiger partial charge in [-0.3, -0.25) is 0 Å². The molecule has 0 N–H and O–H groups in total. The summed E-state index contributed by atoms with van der Waals surface area (Å²) in [7, 11) is 4.13. The van der Waals surface area contributed by atoms with Gasteiger partial charge >= 0.3 is 0 Å². The maximum atomic E-state index is 2.43. The third kappa shape index (κ3) is 4.10. The van der Waals surface area contributed by atoms with Gasteiger partial charge in [-0.1, -0.05) is 72.0 Å². The van der Waals surface area contributed by atoms with Gasteiger partial charge in [-0.25, -0.2) is 0 Å². The Morgan fingerprint density at radius 1 is 0.774 bits per heavy atom. The monoisotopic (exact) mass is 421 g/mol. The summed E-state index contributed by atoms with van der Waals surface area (Å²) in [5.41, 5.74) is 5.02. The topological polar surface area (TPSA) is 7.12 Å². The van der Waals surface area contributed by atoms with Gasteiger partial charge < -0.3 is 4.90 Å². The van der Waals surface area contributed by atoms with Crippen molar-refractivity contribution in [2.45, 2.75) is 6.54 Å². The third-order valence-electron chi connectivity index (χ3n) is 5.62. The van der Waals surface area contributed by atoms with Crippen LogP contribution in [0.4, 0.5) is 5.69 Å². The lowest BCUT2D eigenvalue weighted by Gasteiger charge is -2.11. The van der Waals surface area contributed by atoms with E-state index in [1.165, 1.54) is 42.8 Å². The smallest absolute Gasteiger partial charge is 0.263 e. The molecule has 152 valence electrons. The number of nitrogens with zero attached hydrogens (tertiary/aromatic N) is 2. The average Bonchev–Trinajstić information content (AvgIpc) is 3.15. The standard InChI is InChI=1S/C28H25N2S/c1-29(2)25-16-12-21(13-17-25)14-18-28-30(26-9-5-6-10-27(26)31-28)20-22-11-15-23-7-3-4-8-24(23)19-22/h3-19H,20H2,1-2H3/q+1. The van der Waals surface area contributed by atoms with Crippen LogP contribution < -0.4 is 9.47 Å². The number of aromatic nitrogens is 1. The van der Waals surface area contributed by atoms with Gasteiger partial charge in [0.25, 0.3) is 5.01 Å². The number of para-hydroxylation sites is 1. The molecule has 0 atom stereocenters. The Hall–Kier alpha value is -3.43. The van der Waals surface area contributed by atoms with E-state index < -0.39 is 0 Å². The summed E-state index contributed by atoms with van der Waals surface area (Å²) in [6.07, 6.45) is 4.46. The van der Waals surface area contributed by atoms with Crippen LogP contribution in [0.1, 0.15) is 16.1 Å². The van der Waals surface area contributed by atoms with Crippen molar-refractivity contribution in [2.24, 2.45) is 0 Å². The highest BCUT2D eigenvalue weighted by atomic mass is 32.1. The summed E-state index contributed by atoms with van der Waals surface area (Å²) in [5, 5.41) is 3.83. The molecular weight excluding hydrogens is 396 g/mol. The number of hydrogen-bond donors (Lipinski definition) is 0. The van der Waals surface area contributed by atoms with Crippen LogP contribution in [0.2, 0.25) is 0 Å². The van der Waals surface area contributed by atoms with E-state index >= 15 is 0 Å². The molecule has 1 aromatic heterocycles. The maximum Gasteiger partial charge on any atom is 0.263 e. The molecule has 0 aliphatic carbocycles. The Bertz CT molecular complexity index is 1380. The van der Waals surface area contributed by atoms with Crippen molar-refractivity contribution in [3.8, 4) is 0 Å². The van der Waals surface area contributed by atoms with E-state index in [2.05, 4.69) is 127 Å². The van der Waals surface area contributed by atoms with E-state index in [9.17, 15) is 0 Å². The normalized spacial score (nSPS) is 11.5. The lowest BCUT2D eigenvalue weighted by Crippen LogP contribution is -2.35. The van der Waals surface area contributed by atoms with E-state index in [-0.39, 0.29) is 0 Å². The first kappa shape index (κ1) is 19.5. The molecule has 5 rings (SSSR count). The van der Waals surface area contributed by atoms with E-state index in [1.807, 2.05) is 11.3 Å². The highest BCUT2D eigenvalue weighted by molar-refractivity contribution is 7.18. The van der Waals surface area contributed by atoms with Crippen molar-refractivity contribution in [1.29, 1.82) is 0 Å². The van der Waals surface area contributed by atoms with Crippen LogP contribution in [-0.2, 0) is 6.54 Å².